The molecule has 0 spiro atoms. The maximum atomic E-state index is 13.1. The lowest BCUT2D eigenvalue weighted by molar-refractivity contribution is -0.289. The van der Waals surface area contributed by atoms with Gasteiger partial charge in [-0.25, -0.2) is 0 Å². The Bertz CT molecular complexity index is 1450. The molecule has 0 amide bonds. The first-order chi connectivity index (χ1) is 18.9. The number of hydrogen-bond acceptors (Lipinski definition) is 14. The molecule has 0 saturated carbocycles. The lowest BCUT2D eigenvalue weighted by atomic mass is 9.99. The van der Waals surface area contributed by atoms with Crippen molar-refractivity contribution < 1.29 is 64.2 Å². The van der Waals surface area contributed by atoms with Crippen LogP contribution in [0.15, 0.2) is 45.8 Å². The highest BCUT2D eigenvalue weighted by atomic mass is 16.7. The lowest BCUT2D eigenvalue weighted by Gasteiger charge is -2.40. The molecule has 0 radical (unpaired) electrons. The molecule has 1 aromatic heterocycles. The number of rotatable bonds is 6. The van der Waals surface area contributed by atoms with Crippen LogP contribution in [0.5, 0.6) is 23.0 Å². The molecular weight excluding hydrogens is 536 g/mol. The Kier molecular flexibility index (Phi) is 7.37. The number of ether oxygens (including phenoxy) is 4. The number of benzene rings is 2. The number of aliphatic hydroxyl groups excluding tert-OH is 4. The third kappa shape index (κ3) is 5.07. The van der Waals surface area contributed by atoms with E-state index in [0.717, 1.165) is 18.4 Å². The van der Waals surface area contributed by atoms with E-state index in [-0.39, 0.29) is 40.2 Å². The Morgan fingerprint density at radius 1 is 0.950 bits per heavy atom. The SMILES string of the molecule is CC1(O)COC(OCC2OC(Oc3cc(O)c4c(=O)c(-c5ccc(O)c(O)c5)coc4c3)C(O)C(O)C2O)C1O. The van der Waals surface area contributed by atoms with Crippen LogP contribution in [0.3, 0.4) is 0 Å². The molecule has 0 aliphatic carbocycles. The number of aliphatic hydroxyl groups is 5. The van der Waals surface area contributed by atoms with E-state index in [9.17, 15) is 45.6 Å². The summed E-state index contributed by atoms with van der Waals surface area (Å²) in [5.41, 5.74) is -2.06. The Balaban J connectivity index is 1.35. The predicted molar refractivity (Wildman–Crippen MR) is 133 cm³/mol. The second kappa shape index (κ2) is 10.5. The molecule has 2 saturated heterocycles. The minimum atomic E-state index is -1.74. The molecule has 2 fully saturated rings. The highest BCUT2D eigenvalue weighted by molar-refractivity contribution is 5.88. The molecule has 5 rings (SSSR count). The van der Waals surface area contributed by atoms with Gasteiger partial charge in [0.05, 0.1) is 18.8 Å². The number of phenolic OH excluding ortho intramolecular Hbond substituents is 3. The monoisotopic (exact) mass is 564 g/mol. The van der Waals surface area contributed by atoms with E-state index in [1.54, 1.807) is 0 Å². The van der Waals surface area contributed by atoms with Gasteiger partial charge in [0.25, 0.3) is 0 Å². The van der Waals surface area contributed by atoms with Crippen LogP contribution in [0, 0.1) is 0 Å². The zero-order valence-corrected chi connectivity index (χ0v) is 20.9. The van der Waals surface area contributed by atoms with Crippen molar-refractivity contribution >= 4 is 11.0 Å². The smallest absolute Gasteiger partial charge is 0.229 e. The second-order valence-electron chi connectivity index (χ2n) is 9.94. The van der Waals surface area contributed by atoms with Gasteiger partial charge in [0.1, 0.15) is 64.9 Å². The summed E-state index contributed by atoms with van der Waals surface area (Å²) in [4.78, 5) is 13.1. The molecule has 40 heavy (non-hydrogen) atoms. The van der Waals surface area contributed by atoms with Crippen molar-refractivity contribution in [2.45, 2.75) is 55.6 Å². The van der Waals surface area contributed by atoms with Gasteiger partial charge >= 0.3 is 0 Å². The first-order valence-electron chi connectivity index (χ1n) is 12.2. The van der Waals surface area contributed by atoms with E-state index in [1.807, 2.05) is 0 Å². The topological polar surface area (TPSA) is 229 Å². The van der Waals surface area contributed by atoms with Crippen LogP contribution >= 0.6 is 0 Å². The fraction of sp³-hybridized carbons (Fsp3) is 0.423. The Morgan fingerprint density at radius 2 is 1.70 bits per heavy atom. The van der Waals surface area contributed by atoms with Crippen molar-refractivity contribution in [3.05, 3.63) is 46.8 Å². The van der Waals surface area contributed by atoms with E-state index >= 15 is 0 Å². The Hall–Kier alpha value is -3.47. The van der Waals surface area contributed by atoms with E-state index in [0.29, 0.717) is 0 Å². The van der Waals surface area contributed by atoms with Crippen LogP contribution < -0.4 is 10.2 Å². The van der Waals surface area contributed by atoms with Crippen LogP contribution in [0.1, 0.15) is 6.92 Å². The number of aromatic hydroxyl groups is 3. The first kappa shape index (κ1) is 28.1. The van der Waals surface area contributed by atoms with Crippen molar-refractivity contribution in [1.82, 2.24) is 0 Å². The van der Waals surface area contributed by atoms with Gasteiger partial charge in [0.2, 0.25) is 11.7 Å². The zero-order chi connectivity index (χ0) is 28.9. The van der Waals surface area contributed by atoms with Gasteiger partial charge in [0, 0.05) is 12.1 Å². The van der Waals surface area contributed by atoms with E-state index in [2.05, 4.69) is 0 Å². The molecule has 216 valence electrons. The average Bonchev–Trinajstić information content (AvgIpc) is 3.16. The molecule has 2 aliphatic heterocycles. The lowest BCUT2D eigenvalue weighted by Crippen LogP contribution is -2.60. The number of phenols is 3. The van der Waals surface area contributed by atoms with Gasteiger partial charge in [-0.3, -0.25) is 4.79 Å². The molecule has 14 heteroatoms. The summed E-state index contributed by atoms with van der Waals surface area (Å²) >= 11 is 0. The second-order valence-corrected chi connectivity index (χ2v) is 9.94. The molecule has 8 N–H and O–H groups in total. The molecule has 8 unspecified atom stereocenters. The summed E-state index contributed by atoms with van der Waals surface area (Å²) in [5, 5.41) is 80.9. The average molecular weight is 564 g/mol. The molecule has 0 bridgehead atoms. The van der Waals surface area contributed by atoms with Crippen molar-refractivity contribution in [2.24, 2.45) is 0 Å². The Morgan fingerprint density at radius 3 is 2.38 bits per heavy atom. The van der Waals surface area contributed by atoms with Gasteiger partial charge in [-0.2, -0.15) is 0 Å². The molecular formula is C26H28O14. The number of hydrogen-bond donors (Lipinski definition) is 8. The van der Waals surface area contributed by atoms with Crippen LogP contribution in [-0.4, -0.2) is 103 Å². The molecule has 8 atom stereocenters. The predicted octanol–water partition coefficient (Wildman–Crippen LogP) is -0.752. The normalized spacial score (nSPS) is 32.4. The minimum Gasteiger partial charge on any atom is -0.507 e. The standard InChI is InChI=1S/C26H28O14/c1-26(35)9-38-25(23(26)34)37-8-17-20(31)21(32)22(33)24(40-17)39-11-5-15(29)18-16(6-11)36-7-12(19(18)30)10-2-3-13(27)14(28)4-10/h2-7,17,20-25,27-29,31-35H,8-9H2,1H3. The highest BCUT2D eigenvalue weighted by Gasteiger charge is 2.48. The summed E-state index contributed by atoms with van der Waals surface area (Å²) in [6.45, 7) is 0.744. The Labute approximate surface area is 225 Å². The van der Waals surface area contributed by atoms with Crippen molar-refractivity contribution in [1.29, 1.82) is 0 Å². The zero-order valence-electron chi connectivity index (χ0n) is 20.9. The first-order valence-corrected chi connectivity index (χ1v) is 12.2. The quantitative estimate of drug-likeness (QED) is 0.172. The summed E-state index contributed by atoms with van der Waals surface area (Å²) < 4.78 is 27.3. The van der Waals surface area contributed by atoms with E-state index < -0.39 is 72.2 Å². The van der Waals surface area contributed by atoms with Gasteiger partial charge < -0.3 is 64.2 Å². The van der Waals surface area contributed by atoms with Crippen molar-refractivity contribution in [2.75, 3.05) is 13.2 Å². The van der Waals surface area contributed by atoms with E-state index in [4.69, 9.17) is 23.4 Å². The van der Waals surface area contributed by atoms with Crippen LogP contribution in [0.25, 0.3) is 22.1 Å². The molecule has 2 aromatic carbocycles. The molecule has 3 aromatic rings. The number of fused-ring (bicyclic) bond motifs is 1. The summed E-state index contributed by atoms with van der Waals surface area (Å²) in [6, 6.07) is 6.02. The van der Waals surface area contributed by atoms with Gasteiger partial charge in [-0.15, -0.1) is 0 Å². The third-order valence-electron chi connectivity index (χ3n) is 6.90. The largest absolute Gasteiger partial charge is 0.507 e. The highest BCUT2D eigenvalue weighted by Crippen LogP contribution is 2.34. The van der Waals surface area contributed by atoms with Crippen LogP contribution in [0.2, 0.25) is 0 Å². The van der Waals surface area contributed by atoms with Gasteiger partial charge in [-0.05, 0) is 24.6 Å². The van der Waals surface area contributed by atoms with Crippen molar-refractivity contribution in [3.8, 4) is 34.1 Å². The maximum Gasteiger partial charge on any atom is 0.229 e. The van der Waals surface area contributed by atoms with E-state index in [1.165, 1.54) is 25.1 Å². The third-order valence-corrected chi connectivity index (χ3v) is 6.90. The van der Waals surface area contributed by atoms with Gasteiger partial charge in [-0.1, -0.05) is 6.07 Å². The molecule has 2 aliphatic rings. The fourth-order valence-electron chi connectivity index (χ4n) is 4.50. The molecule has 14 nitrogen and oxygen atoms in total. The van der Waals surface area contributed by atoms with Crippen LogP contribution in [0.4, 0.5) is 0 Å². The summed E-state index contributed by atoms with van der Waals surface area (Å²) in [6.07, 6.45) is -9.45. The summed E-state index contributed by atoms with van der Waals surface area (Å²) in [7, 11) is 0. The fourth-order valence-corrected chi connectivity index (χ4v) is 4.50. The molecule has 3 heterocycles. The van der Waals surface area contributed by atoms with Crippen LogP contribution in [-0.2, 0) is 14.2 Å². The van der Waals surface area contributed by atoms with Gasteiger partial charge in [0.15, 0.2) is 17.8 Å². The van der Waals surface area contributed by atoms with Crippen molar-refractivity contribution in [3.63, 3.8) is 0 Å². The minimum absolute atomic E-state index is 0.00405. The maximum absolute atomic E-state index is 13.1. The summed E-state index contributed by atoms with van der Waals surface area (Å²) in [5.74, 6) is -1.50.